The number of alkyl halides is 3. The van der Waals surface area contributed by atoms with Gasteiger partial charge in [-0.2, -0.15) is 13.2 Å². The van der Waals surface area contributed by atoms with Gasteiger partial charge < -0.3 is 14.9 Å². The molecule has 0 bridgehead atoms. The number of amides is 1. The number of furan rings is 1. The Bertz CT molecular complexity index is 476. The summed E-state index contributed by atoms with van der Waals surface area (Å²) in [7, 11) is 0. The van der Waals surface area contributed by atoms with Crippen molar-refractivity contribution in [2.45, 2.75) is 26.1 Å². The van der Waals surface area contributed by atoms with Crippen molar-refractivity contribution in [3.05, 3.63) is 23.2 Å². The number of primary amides is 1. The van der Waals surface area contributed by atoms with E-state index in [1.54, 1.807) is 0 Å². The zero-order valence-electron chi connectivity index (χ0n) is 9.50. The van der Waals surface area contributed by atoms with Crippen molar-refractivity contribution in [1.29, 1.82) is 0 Å². The van der Waals surface area contributed by atoms with Gasteiger partial charge in [0.2, 0.25) is 5.76 Å². The summed E-state index contributed by atoms with van der Waals surface area (Å²) in [5, 5.41) is 0. The van der Waals surface area contributed by atoms with Crippen molar-refractivity contribution in [1.82, 2.24) is 0 Å². The largest absolute Gasteiger partial charge is 0.459 e. The lowest BCUT2D eigenvalue weighted by Crippen LogP contribution is -2.16. The summed E-state index contributed by atoms with van der Waals surface area (Å²) >= 11 is 0. The smallest absolute Gasteiger partial charge is 0.450 e. The van der Waals surface area contributed by atoms with Crippen LogP contribution < -0.4 is 5.73 Å². The van der Waals surface area contributed by atoms with Crippen LogP contribution >= 0.6 is 0 Å². The van der Waals surface area contributed by atoms with Gasteiger partial charge in [0.25, 0.3) is 5.91 Å². The van der Waals surface area contributed by atoms with E-state index in [-0.39, 0.29) is 0 Å². The molecular weight excluding hydrogens is 255 g/mol. The Kier molecular flexibility index (Phi) is 3.68. The first kappa shape index (κ1) is 14.1. The highest BCUT2D eigenvalue weighted by molar-refractivity contribution is 5.96. The van der Waals surface area contributed by atoms with Crippen LogP contribution in [0.2, 0.25) is 0 Å². The number of carbonyl (C=O) groups is 2. The number of hydrogen-bond acceptors (Lipinski definition) is 4. The number of rotatable bonds is 3. The molecule has 0 saturated carbocycles. The van der Waals surface area contributed by atoms with Crippen molar-refractivity contribution >= 4 is 11.9 Å². The average Bonchev–Trinajstić information content (AvgIpc) is 2.59. The summed E-state index contributed by atoms with van der Waals surface area (Å²) in [6.07, 6.45) is -5.52. The van der Waals surface area contributed by atoms with Gasteiger partial charge in [-0.15, -0.1) is 0 Å². The molecule has 1 aromatic rings. The topological polar surface area (TPSA) is 82.5 Å². The van der Waals surface area contributed by atoms with Gasteiger partial charge in [0.05, 0.1) is 6.10 Å². The molecule has 0 saturated heterocycles. The number of nitrogens with two attached hydrogens (primary N) is 1. The normalized spacial score (nSPS) is 11.7. The van der Waals surface area contributed by atoms with Gasteiger partial charge in [-0.25, -0.2) is 4.79 Å². The predicted octanol–water partition coefficient (Wildman–Crippen LogP) is 1.96. The van der Waals surface area contributed by atoms with Crippen molar-refractivity contribution in [3.8, 4) is 0 Å². The van der Waals surface area contributed by atoms with Gasteiger partial charge in [0.1, 0.15) is 5.56 Å². The van der Waals surface area contributed by atoms with E-state index in [2.05, 4.69) is 9.15 Å². The molecule has 100 valence electrons. The van der Waals surface area contributed by atoms with Gasteiger partial charge in [0, 0.05) is 6.07 Å². The van der Waals surface area contributed by atoms with Crippen LogP contribution in [0.3, 0.4) is 0 Å². The lowest BCUT2D eigenvalue weighted by molar-refractivity contribution is -0.153. The molecule has 18 heavy (non-hydrogen) atoms. The van der Waals surface area contributed by atoms with Gasteiger partial charge in [-0.05, 0) is 13.8 Å². The third kappa shape index (κ3) is 3.02. The van der Waals surface area contributed by atoms with Crippen molar-refractivity contribution in [2.75, 3.05) is 0 Å². The number of hydrogen-bond donors (Lipinski definition) is 1. The number of halogens is 3. The average molecular weight is 265 g/mol. The number of carbonyl (C=O) groups excluding carboxylic acids is 2. The van der Waals surface area contributed by atoms with E-state index in [9.17, 15) is 22.8 Å². The van der Waals surface area contributed by atoms with Crippen molar-refractivity contribution in [2.24, 2.45) is 5.73 Å². The van der Waals surface area contributed by atoms with E-state index in [1.807, 2.05) is 0 Å². The highest BCUT2D eigenvalue weighted by atomic mass is 19.4. The van der Waals surface area contributed by atoms with E-state index < -0.39 is 41.2 Å². The Balaban J connectivity index is 3.24. The zero-order chi connectivity index (χ0) is 14.1. The zero-order valence-corrected chi connectivity index (χ0v) is 9.50. The van der Waals surface area contributed by atoms with Crippen molar-refractivity contribution < 1.29 is 31.9 Å². The number of esters is 1. The minimum absolute atomic E-state index is 0.606. The quantitative estimate of drug-likeness (QED) is 0.847. The molecule has 0 unspecified atom stereocenters. The molecule has 0 spiro atoms. The van der Waals surface area contributed by atoms with Crippen LogP contribution in [-0.4, -0.2) is 18.0 Å². The fourth-order valence-corrected chi connectivity index (χ4v) is 1.15. The van der Waals surface area contributed by atoms with Crippen molar-refractivity contribution in [3.63, 3.8) is 0 Å². The standard InChI is InChI=1S/C10H10F3NO4/c1-4(2)17-9(16)5-3-6(8(14)15)18-7(5)10(11,12)13/h3-4H,1-2H3,(H2,14,15). The molecule has 0 aliphatic carbocycles. The fraction of sp³-hybridized carbons (Fsp3) is 0.400. The van der Waals surface area contributed by atoms with Gasteiger partial charge in [-0.1, -0.05) is 0 Å². The van der Waals surface area contributed by atoms with E-state index in [0.717, 1.165) is 0 Å². The molecule has 0 aliphatic heterocycles. The van der Waals surface area contributed by atoms with Crippen LogP contribution in [-0.2, 0) is 10.9 Å². The highest BCUT2D eigenvalue weighted by Gasteiger charge is 2.41. The molecule has 1 heterocycles. The van der Waals surface area contributed by atoms with Crippen LogP contribution in [0, 0.1) is 0 Å². The number of ether oxygens (including phenoxy) is 1. The molecule has 5 nitrogen and oxygen atoms in total. The molecular formula is C10H10F3NO4. The monoisotopic (exact) mass is 265 g/mol. The first-order chi connectivity index (χ1) is 8.12. The first-order valence-electron chi connectivity index (χ1n) is 4.84. The lowest BCUT2D eigenvalue weighted by atomic mass is 10.2. The Morgan fingerprint density at radius 3 is 2.33 bits per heavy atom. The molecule has 1 amide bonds. The van der Waals surface area contributed by atoms with E-state index in [1.165, 1.54) is 13.8 Å². The summed E-state index contributed by atoms with van der Waals surface area (Å²) in [5.74, 6) is -4.78. The molecule has 0 aromatic carbocycles. The second-order valence-electron chi connectivity index (χ2n) is 3.67. The fourth-order valence-electron chi connectivity index (χ4n) is 1.15. The summed E-state index contributed by atoms with van der Waals surface area (Å²) in [5.41, 5.74) is 3.92. The highest BCUT2D eigenvalue weighted by Crippen LogP contribution is 2.34. The minimum Gasteiger partial charge on any atom is -0.459 e. The molecule has 8 heteroatoms. The van der Waals surface area contributed by atoms with Gasteiger partial charge in [0.15, 0.2) is 5.76 Å². The Hall–Kier alpha value is -1.99. The molecule has 0 radical (unpaired) electrons. The Morgan fingerprint density at radius 2 is 1.94 bits per heavy atom. The molecule has 1 aromatic heterocycles. The summed E-state index contributed by atoms with van der Waals surface area (Å²) in [6, 6.07) is 0.621. The summed E-state index contributed by atoms with van der Waals surface area (Å²) in [6.45, 7) is 2.94. The van der Waals surface area contributed by atoms with Crippen LogP contribution in [0.15, 0.2) is 10.5 Å². The lowest BCUT2D eigenvalue weighted by Gasteiger charge is -2.08. The van der Waals surface area contributed by atoms with E-state index in [4.69, 9.17) is 5.73 Å². The molecule has 0 aliphatic rings. The second-order valence-corrected chi connectivity index (χ2v) is 3.67. The van der Waals surface area contributed by atoms with Crippen LogP contribution in [0.1, 0.15) is 40.5 Å². The SMILES string of the molecule is CC(C)OC(=O)c1cc(C(N)=O)oc1C(F)(F)F. The molecule has 0 atom stereocenters. The van der Waals surface area contributed by atoms with E-state index >= 15 is 0 Å². The Morgan fingerprint density at radius 1 is 1.39 bits per heavy atom. The summed E-state index contributed by atoms with van der Waals surface area (Å²) in [4.78, 5) is 22.2. The first-order valence-corrected chi connectivity index (χ1v) is 4.84. The van der Waals surface area contributed by atoms with Crippen LogP contribution in [0.5, 0.6) is 0 Å². The molecule has 2 N–H and O–H groups in total. The van der Waals surface area contributed by atoms with Gasteiger partial charge in [-0.3, -0.25) is 4.79 Å². The van der Waals surface area contributed by atoms with Gasteiger partial charge >= 0.3 is 12.1 Å². The second kappa shape index (κ2) is 4.71. The third-order valence-corrected chi connectivity index (χ3v) is 1.80. The van der Waals surface area contributed by atoms with E-state index in [0.29, 0.717) is 6.07 Å². The Labute approximate surface area is 99.7 Å². The minimum atomic E-state index is -4.92. The predicted molar refractivity (Wildman–Crippen MR) is 52.8 cm³/mol. The maximum Gasteiger partial charge on any atom is 0.450 e. The van der Waals surface area contributed by atoms with Crippen LogP contribution in [0.25, 0.3) is 0 Å². The van der Waals surface area contributed by atoms with Crippen LogP contribution in [0.4, 0.5) is 13.2 Å². The summed E-state index contributed by atoms with van der Waals surface area (Å²) < 4.78 is 46.6. The maximum absolute atomic E-state index is 12.6. The maximum atomic E-state index is 12.6. The molecule has 1 rings (SSSR count). The molecule has 0 fully saturated rings. The third-order valence-electron chi connectivity index (χ3n) is 1.80.